The van der Waals surface area contributed by atoms with Crippen molar-refractivity contribution in [3.63, 3.8) is 0 Å². The fourth-order valence-corrected chi connectivity index (χ4v) is 3.88. The van der Waals surface area contributed by atoms with E-state index in [1.54, 1.807) is 20.7 Å². The minimum Gasteiger partial charge on any atom is -0.331 e. The Morgan fingerprint density at radius 3 is 2.48 bits per heavy atom. The van der Waals surface area contributed by atoms with Gasteiger partial charge in [-0.05, 0) is 18.4 Å². The number of hydrogen-bond donors (Lipinski definition) is 0. The topological polar surface area (TPSA) is 58.4 Å². The standard InChI is InChI=1S/C19H22N4O2/c1-21-13-16(12-20-21)23-11-10-22(14-17(23)24)18(25)19(8-5-9-19)15-6-3-2-4-7-15/h2-4,6-7,12-13H,5,8-11,14H2,1H3. The number of rotatable bonds is 3. The van der Waals surface area contributed by atoms with E-state index in [1.165, 1.54) is 0 Å². The first-order valence-electron chi connectivity index (χ1n) is 8.74. The molecule has 2 aromatic rings. The Hall–Kier alpha value is -2.63. The van der Waals surface area contributed by atoms with Gasteiger partial charge in [0.1, 0.15) is 6.54 Å². The van der Waals surface area contributed by atoms with E-state index in [9.17, 15) is 9.59 Å². The fraction of sp³-hybridized carbons (Fsp3) is 0.421. The van der Waals surface area contributed by atoms with Crippen LogP contribution < -0.4 is 4.90 Å². The third-order valence-corrected chi connectivity index (χ3v) is 5.45. The second-order valence-electron chi connectivity index (χ2n) is 6.95. The molecule has 1 saturated carbocycles. The van der Waals surface area contributed by atoms with Crippen molar-refractivity contribution in [1.82, 2.24) is 14.7 Å². The predicted octanol–water partition coefficient (Wildman–Crippen LogP) is 1.72. The Labute approximate surface area is 147 Å². The zero-order valence-corrected chi connectivity index (χ0v) is 14.4. The normalized spacial score (nSPS) is 19.6. The van der Waals surface area contributed by atoms with Gasteiger partial charge in [-0.3, -0.25) is 14.3 Å². The summed E-state index contributed by atoms with van der Waals surface area (Å²) in [6, 6.07) is 9.99. The zero-order valence-electron chi connectivity index (χ0n) is 14.4. The van der Waals surface area contributed by atoms with E-state index in [4.69, 9.17) is 0 Å². The lowest BCUT2D eigenvalue weighted by Gasteiger charge is -2.45. The van der Waals surface area contributed by atoms with E-state index in [0.29, 0.717) is 13.1 Å². The highest BCUT2D eigenvalue weighted by atomic mass is 16.2. The minimum atomic E-state index is -0.433. The number of carbonyl (C=O) groups is 2. The molecule has 1 aliphatic carbocycles. The molecule has 0 unspecified atom stereocenters. The van der Waals surface area contributed by atoms with E-state index in [-0.39, 0.29) is 18.4 Å². The molecule has 0 radical (unpaired) electrons. The average Bonchev–Trinajstić information content (AvgIpc) is 3.01. The lowest BCUT2D eigenvalue weighted by molar-refractivity contribution is -0.144. The molecule has 2 fully saturated rings. The molecule has 2 amide bonds. The van der Waals surface area contributed by atoms with Crippen LogP contribution in [0.15, 0.2) is 42.7 Å². The van der Waals surface area contributed by atoms with Gasteiger partial charge in [-0.2, -0.15) is 5.10 Å². The molecular formula is C19H22N4O2. The summed E-state index contributed by atoms with van der Waals surface area (Å²) < 4.78 is 1.68. The van der Waals surface area contributed by atoms with Gasteiger partial charge in [0.05, 0.1) is 17.3 Å². The molecule has 0 spiro atoms. The molecule has 0 bridgehead atoms. The number of nitrogens with zero attached hydrogens (tertiary/aromatic N) is 4. The van der Waals surface area contributed by atoms with E-state index in [2.05, 4.69) is 5.10 Å². The monoisotopic (exact) mass is 338 g/mol. The molecule has 0 N–H and O–H groups in total. The summed E-state index contributed by atoms with van der Waals surface area (Å²) in [6.07, 6.45) is 6.31. The highest BCUT2D eigenvalue weighted by Gasteiger charge is 2.48. The quantitative estimate of drug-likeness (QED) is 0.856. The number of benzene rings is 1. The highest BCUT2D eigenvalue weighted by molar-refractivity contribution is 5.99. The van der Waals surface area contributed by atoms with Crippen LogP contribution in [0.3, 0.4) is 0 Å². The van der Waals surface area contributed by atoms with E-state index < -0.39 is 5.41 Å². The Kier molecular flexibility index (Phi) is 3.82. The summed E-state index contributed by atoms with van der Waals surface area (Å²) >= 11 is 0. The Morgan fingerprint density at radius 1 is 1.16 bits per heavy atom. The van der Waals surface area contributed by atoms with Gasteiger partial charge in [0.2, 0.25) is 11.8 Å². The third-order valence-electron chi connectivity index (χ3n) is 5.45. The van der Waals surface area contributed by atoms with Gasteiger partial charge in [0, 0.05) is 26.3 Å². The molecular weight excluding hydrogens is 316 g/mol. The van der Waals surface area contributed by atoms with Gasteiger partial charge >= 0.3 is 0 Å². The Bertz CT molecular complexity index is 795. The molecule has 1 aromatic heterocycles. The minimum absolute atomic E-state index is 0.0462. The van der Waals surface area contributed by atoms with Gasteiger partial charge in [0.15, 0.2) is 0 Å². The molecule has 6 heteroatoms. The number of aryl methyl sites for hydroxylation is 1. The van der Waals surface area contributed by atoms with Gasteiger partial charge in [-0.15, -0.1) is 0 Å². The number of amides is 2. The second kappa shape index (κ2) is 6.02. The van der Waals surface area contributed by atoms with Crippen molar-refractivity contribution in [3.8, 4) is 0 Å². The van der Waals surface area contributed by atoms with Crippen LogP contribution in [-0.4, -0.2) is 46.1 Å². The van der Waals surface area contributed by atoms with Crippen molar-refractivity contribution in [3.05, 3.63) is 48.3 Å². The van der Waals surface area contributed by atoms with Crippen molar-refractivity contribution < 1.29 is 9.59 Å². The van der Waals surface area contributed by atoms with Crippen LogP contribution in [0.2, 0.25) is 0 Å². The molecule has 2 heterocycles. The van der Waals surface area contributed by atoms with Crippen LogP contribution in [0, 0.1) is 0 Å². The first-order chi connectivity index (χ1) is 12.1. The van der Waals surface area contributed by atoms with E-state index >= 15 is 0 Å². The van der Waals surface area contributed by atoms with Crippen molar-refractivity contribution in [2.45, 2.75) is 24.7 Å². The molecule has 25 heavy (non-hydrogen) atoms. The Morgan fingerprint density at radius 2 is 1.92 bits per heavy atom. The first kappa shape index (κ1) is 15.9. The SMILES string of the molecule is Cn1cc(N2CCN(C(=O)C3(c4ccccc4)CCC3)CC2=O)cn1. The summed E-state index contributed by atoms with van der Waals surface area (Å²) in [5, 5.41) is 4.12. The number of piperazine rings is 1. The van der Waals surface area contributed by atoms with Gasteiger partial charge in [-0.1, -0.05) is 36.8 Å². The van der Waals surface area contributed by atoms with Crippen LogP contribution in [-0.2, 0) is 22.1 Å². The largest absolute Gasteiger partial charge is 0.331 e. The fourth-order valence-electron chi connectivity index (χ4n) is 3.88. The molecule has 4 rings (SSSR count). The highest BCUT2D eigenvalue weighted by Crippen LogP contribution is 2.45. The summed E-state index contributed by atoms with van der Waals surface area (Å²) in [4.78, 5) is 29.3. The van der Waals surface area contributed by atoms with Gasteiger partial charge < -0.3 is 9.80 Å². The van der Waals surface area contributed by atoms with Crippen molar-refractivity contribution >= 4 is 17.5 Å². The van der Waals surface area contributed by atoms with Crippen molar-refractivity contribution in [2.24, 2.45) is 7.05 Å². The van der Waals surface area contributed by atoms with Gasteiger partial charge in [-0.25, -0.2) is 0 Å². The molecule has 0 atom stereocenters. The van der Waals surface area contributed by atoms with Crippen LogP contribution in [0.5, 0.6) is 0 Å². The number of carbonyl (C=O) groups excluding carboxylic acids is 2. The summed E-state index contributed by atoms with van der Waals surface area (Å²) in [6.45, 7) is 1.22. The summed E-state index contributed by atoms with van der Waals surface area (Å²) in [5.74, 6) is 0.0549. The van der Waals surface area contributed by atoms with Gasteiger partial charge in [0.25, 0.3) is 0 Å². The van der Waals surface area contributed by atoms with Crippen molar-refractivity contribution in [1.29, 1.82) is 0 Å². The number of aromatic nitrogens is 2. The van der Waals surface area contributed by atoms with E-state index in [0.717, 1.165) is 30.5 Å². The maximum Gasteiger partial charge on any atom is 0.246 e. The van der Waals surface area contributed by atoms with Crippen LogP contribution in [0.25, 0.3) is 0 Å². The molecule has 130 valence electrons. The molecule has 1 aromatic carbocycles. The van der Waals surface area contributed by atoms with Crippen LogP contribution in [0.1, 0.15) is 24.8 Å². The molecule has 6 nitrogen and oxygen atoms in total. The number of anilines is 1. The second-order valence-corrected chi connectivity index (χ2v) is 6.95. The van der Waals surface area contributed by atoms with Crippen LogP contribution in [0.4, 0.5) is 5.69 Å². The summed E-state index contributed by atoms with van der Waals surface area (Å²) in [5.41, 5.74) is 1.44. The third kappa shape index (κ3) is 2.62. The predicted molar refractivity (Wildman–Crippen MR) is 94.1 cm³/mol. The lowest BCUT2D eigenvalue weighted by Crippen LogP contribution is -2.58. The summed E-state index contributed by atoms with van der Waals surface area (Å²) in [7, 11) is 1.83. The lowest BCUT2D eigenvalue weighted by atomic mass is 9.63. The molecule has 1 aliphatic heterocycles. The average molecular weight is 338 g/mol. The first-order valence-corrected chi connectivity index (χ1v) is 8.74. The molecule has 1 saturated heterocycles. The Balaban J connectivity index is 1.51. The smallest absolute Gasteiger partial charge is 0.246 e. The maximum absolute atomic E-state index is 13.2. The zero-order chi connectivity index (χ0) is 17.4. The van der Waals surface area contributed by atoms with E-state index in [1.807, 2.05) is 43.6 Å². The van der Waals surface area contributed by atoms with Crippen LogP contribution >= 0.6 is 0 Å². The maximum atomic E-state index is 13.2. The molecule has 2 aliphatic rings. The number of hydrogen-bond acceptors (Lipinski definition) is 3. The van der Waals surface area contributed by atoms with Crippen molar-refractivity contribution in [2.75, 3.05) is 24.5 Å².